The van der Waals surface area contributed by atoms with Crippen LogP contribution < -0.4 is 22.0 Å². The summed E-state index contributed by atoms with van der Waals surface area (Å²) in [6.07, 6.45) is 3.45. The Morgan fingerprint density at radius 3 is 2.44 bits per heavy atom. The van der Waals surface area contributed by atoms with Gasteiger partial charge in [-0.25, -0.2) is 0 Å². The van der Waals surface area contributed by atoms with Crippen LogP contribution in [0.25, 0.3) is 0 Å². The Bertz CT molecular complexity index is 563. The molecule has 5 rings (SSSR count). The summed E-state index contributed by atoms with van der Waals surface area (Å²) in [6, 6.07) is 8.10. The number of halogens is 1. The first-order valence-electron chi connectivity index (χ1n) is 9.96. The minimum absolute atomic E-state index is 0. The molecule has 4 heteroatoms. The highest BCUT2D eigenvalue weighted by atomic mass is 35.5. The number of aliphatic hydroxyl groups is 1. The molecular formula is C21H32ClNO2. The maximum atomic E-state index is 10.9. The molecule has 4 atom stereocenters. The second kappa shape index (κ2) is 7.85. The van der Waals surface area contributed by atoms with E-state index < -0.39 is 0 Å². The van der Waals surface area contributed by atoms with E-state index in [1.54, 1.807) is 4.90 Å². The topological polar surface area (TPSA) is 33.9 Å². The maximum absolute atomic E-state index is 10.9. The Labute approximate surface area is 158 Å². The van der Waals surface area contributed by atoms with Gasteiger partial charge in [-0.1, -0.05) is 18.2 Å². The van der Waals surface area contributed by atoms with Crippen LogP contribution in [-0.4, -0.2) is 31.3 Å². The summed E-state index contributed by atoms with van der Waals surface area (Å²) < 4.78 is 6.05. The fraction of sp³-hybridized carbons (Fsp3) is 0.714. The monoisotopic (exact) mass is 365 g/mol. The van der Waals surface area contributed by atoms with E-state index in [0.717, 1.165) is 73.6 Å². The van der Waals surface area contributed by atoms with Crippen molar-refractivity contribution < 1.29 is 27.2 Å². The first kappa shape index (κ1) is 19.0. The molecule has 0 aliphatic heterocycles. The molecular weight excluding hydrogens is 334 g/mol. The third-order valence-corrected chi connectivity index (χ3v) is 7.13. The summed E-state index contributed by atoms with van der Waals surface area (Å²) in [5, 5.41) is 10.9. The van der Waals surface area contributed by atoms with Gasteiger partial charge in [0.25, 0.3) is 0 Å². The lowest BCUT2D eigenvalue weighted by Crippen LogP contribution is -3.12. The van der Waals surface area contributed by atoms with Gasteiger partial charge >= 0.3 is 0 Å². The number of ether oxygens (including phenoxy) is 1. The lowest BCUT2D eigenvalue weighted by Gasteiger charge is -2.22. The zero-order valence-corrected chi connectivity index (χ0v) is 16.2. The fourth-order valence-corrected chi connectivity index (χ4v) is 5.76. The van der Waals surface area contributed by atoms with E-state index in [4.69, 9.17) is 4.74 Å². The van der Waals surface area contributed by atoms with Crippen molar-refractivity contribution in [1.29, 1.82) is 0 Å². The number of likely N-dealkylation sites (N-methyl/N-ethyl adjacent to an activating group) is 1. The van der Waals surface area contributed by atoms with Gasteiger partial charge in [-0.2, -0.15) is 0 Å². The summed E-state index contributed by atoms with van der Waals surface area (Å²) in [5.41, 5.74) is 0.994. The molecule has 3 nitrogen and oxygen atoms in total. The number of hydrogen-bond donors (Lipinski definition) is 2. The number of rotatable bonds is 9. The van der Waals surface area contributed by atoms with Gasteiger partial charge < -0.3 is 27.2 Å². The number of aliphatic hydroxyl groups excluding tert-OH is 1. The molecule has 4 fully saturated rings. The third-order valence-electron chi connectivity index (χ3n) is 7.13. The Morgan fingerprint density at radius 1 is 1.16 bits per heavy atom. The van der Waals surface area contributed by atoms with Gasteiger partial charge in [0.2, 0.25) is 0 Å². The van der Waals surface area contributed by atoms with E-state index in [1.807, 2.05) is 24.3 Å². The average Bonchev–Trinajstić information content (AvgIpc) is 2.95. The van der Waals surface area contributed by atoms with Crippen molar-refractivity contribution in [2.45, 2.75) is 39.2 Å². The van der Waals surface area contributed by atoms with Crippen LogP contribution in [0, 0.1) is 29.6 Å². The number of hydrogen-bond acceptors (Lipinski definition) is 2. The van der Waals surface area contributed by atoms with Crippen LogP contribution in [0.3, 0.4) is 0 Å². The van der Waals surface area contributed by atoms with Crippen LogP contribution in [0.4, 0.5) is 0 Å². The van der Waals surface area contributed by atoms with Crippen molar-refractivity contribution >= 4 is 0 Å². The molecule has 4 aliphatic rings. The second-order valence-corrected chi connectivity index (χ2v) is 8.15. The Hall–Kier alpha value is -0.770. The van der Waals surface area contributed by atoms with Crippen LogP contribution >= 0.6 is 0 Å². The molecule has 2 N–H and O–H groups in total. The summed E-state index contributed by atoms with van der Waals surface area (Å²) >= 11 is 0. The predicted octanol–water partition coefficient (Wildman–Crippen LogP) is -0.680. The van der Waals surface area contributed by atoms with Crippen molar-refractivity contribution in [3.8, 4) is 5.75 Å². The smallest absolute Gasteiger partial charge is 0.137 e. The first-order chi connectivity index (χ1) is 11.7. The second-order valence-electron chi connectivity index (χ2n) is 8.15. The lowest BCUT2D eigenvalue weighted by atomic mass is 9.89. The zero-order chi connectivity index (χ0) is 16.7. The highest BCUT2D eigenvalue weighted by molar-refractivity contribution is 5.35. The number of quaternary nitrogens is 1. The van der Waals surface area contributed by atoms with Crippen molar-refractivity contribution in [3.05, 3.63) is 29.8 Å². The Morgan fingerprint density at radius 2 is 1.84 bits per heavy atom. The van der Waals surface area contributed by atoms with Crippen LogP contribution in [0.1, 0.15) is 44.8 Å². The molecule has 4 unspecified atom stereocenters. The fourth-order valence-electron chi connectivity index (χ4n) is 5.76. The van der Waals surface area contributed by atoms with Crippen LogP contribution in [-0.2, 0) is 0 Å². The molecule has 0 aromatic heterocycles. The van der Waals surface area contributed by atoms with Gasteiger partial charge in [0.15, 0.2) is 0 Å². The maximum Gasteiger partial charge on any atom is 0.137 e. The number of para-hydroxylation sites is 1. The highest BCUT2D eigenvalue weighted by Crippen LogP contribution is 2.74. The van der Waals surface area contributed by atoms with E-state index in [1.165, 1.54) is 12.8 Å². The Balaban J connectivity index is 0.00000182. The SMILES string of the molecule is CC[NH+](CC)CCOc1ccccc1C(O)CC1C2CC3C(C2)C13.[Cl-]. The number of nitrogens with one attached hydrogen (secondary N) is 1. The van der Waals surface area contributed by atoms with E-state index in [2.05, 4.69) is 13.8 Å². The van der Waals surface area contributed by atoms with Crippen LogP contribution in [0.15, 0.2) is 24.3 Å². The molecule has 4 bridgehead atoms. The summed E-state index contributed by atoms with van der Waals surface area (Å²) in [4.78, 5) is 1.55. The van der Waals surface area contributed by atoms with E-state index in [9.17, 15) is 5.11 Å². The normalized spacial score (nSPS) is 32.6. The molecule has 1 aromatic carbocycles. The standard InChI is InChI=1S/C21H31NO2.ClH/c1-3-22(4-2)9-10-24-20-8-6-5-7-15(20)19(23)13-16-14-11-17-18(12-14)21(16)17;/h5-8,14,16-19,21,23H,3-4,9-13H2,1-2H3;1H. The van der Waals surface area contributed by atoms with Gasteiger partial charge in [-0.05, 0) is 68.8 Å². The minimum atomic E-state index is -0.368. The van der Waals surface area contributed by atoms with Crippen molar-refractivity contribution in [2.75, 3.05) is 26.2 Å². The highest BCUT2D eigenvalue weighted by Gasteiger charge is 2.67. The van der Waals surface area contributed by atoms with E-state index in [0.29, 0.717) is 0 Å². The molecule has 25 heavy (non-hydrogen) atoms. The van der Waals surface area contributed by atoms with Crippen LogP contribution in [0.5, 0.6) is 5.75 Å². The number of benzene rings is 1. The largest absolute Gasteiger partial charge is 1.00 e. The van der Waals surface area contributed by atoms with Crippen LogP contribution in [0.2, 0.25) is 0 Å². The molecule has 0 radical (unpaired) electrons. The quantitative estimate of drug-likeness (QED) is 0.608. The van der Waals surface area contributed by atoms with Gasteiger partial charge in [0.05, 0.1) is 19.2 Å². The Kier molecular flexibility index (Phi) is 5.97. The van der Waals surface area contributed by atoms with Gasteiger partial charge in [0, 0.05) is 5.56 Å². The zero-order valence-electron chi connectivity index (χ0n) is 15.5. The summed E-state index contributed by atoms with van der Waals surface area (Å²) in [6.45, 7) is 8.45. The lowest BCUT2D eigenvalue weighted by molar-refractivity contribution is -0.896. The van der Waals surface area contributed by atoms with E-state index in [-0.39, 0.29) is 18.5 Å². The summed E-state index contributed by atoms with van der Waals surface area (Å²) in [7, 11) is 0. The molecule has 0 saturated heterocycles. The van der Waals surface area contributed by atoms with Crippen molar-refractivity contribution in [3.63, 3.8) is 0 Å². The third kappa shape index (κ3) is 3.56. The predicted molar refractivity (Wildman–Crippen MR) is 95.1 cm³/mol. The van der Waals surface area contributed by atoms with Crippen molar-refractivity contribution in [1.82, 2.24) is 0 Å². The summed E-state index contributed by atoms with van der Waals surface area (Å²) in [5.74, 6) is 5.55. The minimum Gasteiger partial charge on any atom is -1.00 e. The van der Waals surface area contributed by atoms with Gasteiger partial charge in [-0.3, -0.25) is 0 Å². The molecule has 0 spiro atoms. The van der Waals surface area contributed by atoms with Crippen molar-refractivity contribution in [2.24, 2.45) is 29.6 Å². The molecule has 4 aliphatic carbocycles. The molecule has 1 aromatic rings. The average molecular weight is 366 g/mol. The van der Waals surface area contributed by atoms with Gasteiger partial charge in [-0.15, -0.1) is 0 Å². The molecule has 4 saturated carbocycles. The molecule has 0 amide bonds. The molecule has 0 heterocycles. The van der Waals surface area contributed by atoms with Gasteiger partial charge in [0.1, 0.15) is 18.9 Å². The molecule has 140 valence electrons. The van der Waals surface area contributed by atoms with E-state index >= 15 is 0 Å². The first-order valence-corrected chi connectivity index (χ1v) is 9.96.